The number of methoxy groups -OCH3 is 2. The van der Waals surface area contributed by atoms with Crippen LogP contribution in [0, 0.1) is 0 Å². The lowest BCUT2D eigenvalue weighted by atomic mass is 10.0. The largest absolute Gasteiger partial charge is 0.495 e. The molecule has 1 aromatic heterocycles. The zero-order valence-corrected chi connectivity index (χ0v) is 17.9. The molecule has 0 unspecified atom stereocenters. The van der Waals surface area contributed by atoms with Crippen molar-refractivity contribution in [3.05, 3.63) is 53.7 Å². The van der Waals surface area contributed by atoms with Gasteiger partial charge in [0.1, 0.15) is 5.75 Å². The lowest BCUT2D eigenvalue weighted by Crippen LogP contribution is -2.25. The summed E-state index contributed by atoms with van der Waals surface area (Å²) in [7, 11) is 3.23. The highest BCUT2D eigenvalue weighted by molar-refractivity contribution is 5.95. The van der Waals surface area contributed by atoms with Crippen LogP contribution in [-0.2, 0) is 4.74 Å². The summed E-state index contributed by atoms with van der Waals surface area (Å²) in [4.78, 5) is 21.6. The molecule has 1 amide bonds. The van der Waals surface area contributed by atoms with Gasteiger partial charge < -0.3 is 20.1 Å². The summed E-state index contributed by atoms with van der Waals surface area (Å²) in [5.41, 5.74) is 3.23. The minimum absolute atomic E-state index is 0.154. The molecule has 7 nitrogen and oxygen atoms in total. The van der Waals surface area contributed by atoms with E-state index in [2.05, 4.69) is 35.5 Å². The Morgan fingerprint density at radius 2 is 2.00 bits per heavy atom. The molecule has 0 radical (unpaired) electrons. The van der Waals surface area contributed by atoms with Crippen molar-refractivity contribution in [3.63, 3.8) is 0 Å². The van der Waals surface area contributed by atoms with Crippen LogP contribution in [0.15, 0.2) is 42.6 Å². The van der Waals surface area contributed by atoms with Crippen LogP contribution in [0.4, 0.5) is 11.6 Å². The minimum atomic E-state index is -0.154. The van der Waals surface area contributed by atoms with Crippen molar-refractivity contribution in [3.8, 4) is 5.75 Å². The molecule has 0 fully saturated rings. The molecule has 1 heterocycles. The molecule has 30 heavy (non-hydrogen) atoms. The normalized spacial score (nSPS) is 11.0. The van der Waals surface area contributed by atoms with Crippen molar-refractivity contribution in [2.75, 3.05) is 32.7 Å². The quantitative estimate of drug-likeness (QED) is 0.514. The van der Waals surface area contributed by atoms with Gasteiger partial charge in [0, 0.05) is 37.4 Å². The second-order valence-corrected chi connectivity index (χ2v) is 7.28. The number of ether oxygens (including phenoxy) is 2. The van der Waals surface area contributed by atoms with E-state index in [0.717, 1.165) is 22.9 Å². The number of nitrogens with zero attached hydrogens (tertiary/aromatic N) is 2. The molecule has 0 aliphatic carbocycles. The number of carbonyl (C=O) groups excluding carboxylic acids is 1. The topological polar surface area (TPSA) is 85.4 Å². The molecule has 0 bridgehead atoms. The first-order valence-electron chi connectivity index (χ1n) is 10.0. The smallest absolute Gasteiger partial charge is 0.251 e. The molecule has 0 saturated heterocycles. The number of para-hydroxylation sites is 1. The Kier molecular flexibility index (Phi) is 7.19. The number of nitrogens with one attached hydrogen (secondary N) is 2. The number of hydrogen-bond acceptors (Lipinski definition) is 6. The average Bonchev–Trinajstić information content (AvgIpc) is 2.76. The molecule has 3 aromatic rings. The first-order valence-corrected chi connectivity index (χ1v) is 10.0. The van der Waals surface area contributed by atoms with Crippen LogP contribution in [-0.4, -0.2) is 43.2 Å². The SMILES string of the molecule is COCCCNC(=O)c1ccc(OC)c(Nc2ncc3cccc(C(C)C)c3n2)c1. The van der Waals surface area contributed by atoms with Crippen LogP contribution in [0.25, 0.3) is 10.9 Å². The van der Waals surface area contributed by atoms with Gasteiger partial charge in [-0.3, -0.25) is 4.79 Å². The summed E-state index contributed by atoms with van der Waals surface area (Å²) in [6, 6.07) is 11.3. The maximum absolute atomic E-state index is 12.5. The number of amides is 1. The van der Waals surface area contributed by atoms with Crippen LogP contribution < -0.4 is 15.4 Å². The van der Waals surface area contributed by atoms with Gasteiger partial charge in [-0.05, 0) is 36.1 Å². The molecular formula is C23H28N4O3. The molecule has 3 rings (SSSR count). The molecular weight excluding hydrogens is 380 g/mol. The van der Waals surface area contributed by atoms with Crippen molar-refractivity contribution in [2.24, 2.45) is 0 Å². The predicted molar refractivity (Wildman–Crippen MR) is 119 cm³/mol. The third-order valence-electron chi connectivity index (χ3n) is 4.78. The van der Waals surface area contributed by atoms with E-state index in [0.29, 0.717) is 42.0 Å². The maximum Gasteiger partial charge on any atom is 0.251 e. The van der Waals surface area contributed by atoms with Crippen molar-refractivity contribution in [1.82, 2.24) is 15.3 Å². The van der Waals surface area contributed by atoms with E-state index >= 15 is 0 Å². The lowest BCUT2D eigenvalue weighted by Gasteiger charge is -2.14. The van der Waals surface area contributed by atoms with Gasteiger partial charge in [-0.15, -0.1) is 0 Å². The zero-order chi connectivity index (χ0) is 21.5. The van der Waals surface area contributed by atoms with Crippen LogP contribution in [0.1, 0.15) is 42.1 Å². The highest BCUT2D eigenvalue weighted by atomic mass is 16.5. The minimum Gasteiger partial charge on any atom is -0.495 e. The van der Waals surface area contributed by atoms with Crippen LogP contribution in [0.3, 0.4) is 0 Å². The zero-order valence-electron chi connectivity index (χ0n) is 17.9. The van der Waals surface area contributed by atoms with E-state index < -0.39 is 0 Å². The Hall–Kier alpha value is -3.19. The van der Waals surface area contributed by atoms with Gasteiger partial charge in [0.2, 0.25) is 5.95 Å². The Bertz CT molecular complexity index is 1020. The van der Waals surface area contributed by atoms with Crippen molar-refractivity contribution >= 4 is 28.4 Å². The predicted octanol–water partition coefficient (Wildman–Crippen LogP) is 4.27. The molecule has 0 atom stereocenters. The van der Waals surface area contributed by atoms with Gasteiger partial charge in [0.15, 0.2) is 0 Å². The third-order valence-corrected chi connectivity index (χ3v) is 4.78. The number of fused-ring (bicyclic) bond motifs is 1. The molecule has 158 valence electrons. The number of rotatable bonds is 9. The van der Waals surface area contributed by atoms with Crippen LogP contribution in [0.2, 0.25) is 0 Å². The van der Waals surface area contributed by atoms with Gasteiger partial charge >= 0.3 is 0 Å². The molecule has 2 aromatic carbocycles. The first-order chi connectivity index (χ1) is 14.5. The van der Waals surface area contributed by atoms with Crippen LogP contribution >= 0.6 is 0 Å². The van der Waals surface area contributed by atoms with E-state index in [9.17, 15) is 4.79 Å². The third kappa shape index (κ3) is 5.04. The Morgan fingerprint density at radius 1 is 1.17 bits per heavy atom. The van der Waals surface area contributed by atoms with E-state index in [4.69, 9.17) is 14.5 Å². The van der Waals surface area contributed by atoms with Crippen molar-refractivity contribution in [1.29, 1.82) is 0 Å². The summed E-state index contributed by atoms with van der Waals surface area (Å²) < 4.78 is 10.5. The molecule has 0 spiro atoms. The van der Waals surface area contributed by atoms with Crippen LogP contribution in [0.5, 0.6) is 5.75 Å². The number of aromatic nitrogens is 2. The molecule has 0 aliphatic heterocycles. The fraction of sp³-hybridized carbons (Fsp3) is 0.348. The highest BCUT2D eigenvalue weighted by Crippen LogP contribution is 2.29. The van der Waals surface area contributed by atoms with Gasteiger partial charge in [-0.1, -0.05) is 32.0 Å². The van der Waals surface area contributed by atoms with Gasteiger partial charge in [0.05, 0.1) is 18.3 Å². The van der Waals surface area contributed by atoms with E-state index in [1.165, 1.54) is 0 Å². The van der Waals surface area contributed by atoms with Crippen molar-refractivity contribution in [2.45, 2.75) is 26.2 Å². The summed E-state index contributed by atoms with van der Waals surface area (Å²) >= 11 is 0. The van der Waals surface area contributed by atoms with Gasteiger partial charge in [0.25, 0.3) is 5.91 Å². The number of hydrogen-bond donors (Lipinski definition) is 2. The standard InChI is InChI=1S/C23H28N4O3/c1-15(2)18-8-5-7-17-14-25-23(27-21(17)18)26-19-13-16(9-10-20(19)30-4)22(28)24-11-6-12-29-3/h5,7-10,13-15H,6,11-12H2,1-4H3,(H,24,28)(H,25,26,27). The average molecular weight is 409 g/mol. The molecule has 0 saturated carbocycles. The monoisotopic (exact) mass is 408 g/mol. The van der Waals surface area contributed by atoms with E-state index in [1.807, 2.05) is 12.1 Å². The van der Waals surface area contributed by atoms with Crippen molar-refractivity contribution < 1.29 is 14.3 Å². The fourth-order valence-corrected chi connectivity index (χ4v) is 3.19. The highest BCUT2D eigenvalue weighted by Gasteiger charge is 2.13. The molecule has 7 heteroatoms. The Labute approximate surface area is 176 Å². The number of carbonyl (C=O) groups is 1. The first kappa shape index (κ1) is 21.5. The van der Waals surface area contributed by atoms with E-state index in [-0.39, 0.29) is 5.91 Å². The summed E-state index contributed by atoms with van der Waals surface area (Å²) in [5, 5.41) is 7.08. The number of benzene rings is 2. The maximum atomic E-state index is 12.5. The summed E-state index contributed by atoms with van der Waals surface area (Å²) in [6.45, 7) is 5.43. The Morgan fingerprint density at radius 3 is 2.73 bits per heavy atom. The Balaban J connectivity index is 1.86. The van der Waals surface area contributed by atoms with Gasteiger partial charge in [-0.25, -0.2) is 9.97 Å². The van der Waals surface area contributed by atoms with E-state index in [1.54, 1.807) is 38.6 Å². The second kappa shape index (κ2) is 10.0. The summed E-state index contributed by atoms with van der Waals surface area (Å²) in [5.74, 6) is 1.24. The second-order valence-electron chi connectivity index (χ2n) is 7.28. The number of anilines is 2. The molecule has 0 aliphatic rings. The van der Waals surface area contributed by atoms with Gasteiger partial charge in [-0.2, -0.15) is 0 Å². The molecule has 2 N–H and O–H groups in total. The lowest BCUT2D eigenvalue weighted by molar-refractivity contribution is 0.0948. The fourth-order valence-electron chi connectivity index (χ4n) is 3.19. The summed E-state index contributed by atoms with van der Waals surface area (Å²) in [6.07, 6.45) is 2.56.